The summed E-state index contributed by atoms with van der Waals surface area (Å²) in [5, 5.41) is 9.28. The van der Waals surface area contributed by atoms with Crippen LogP contribution in [0.5, 0.6) is 0 Å². The summed E-state index contributed by atoms with van der Waals surface area (Å²) in [6.07, 6.45) is 0. The van der Waals surface area contributed by atoms with Crippen LogP contribution in [0.25, 0.3) is 10.2 Å². The lowest BCUT2D eigenvalue weighted by molar-refractivity contribution is 0.0162. The highest BCUT2D eigenvalue weighted by Crippen LogP contribution is 2.28. The molecule has 1 atom stereocenters. The topological polar surface area (TPSA) is 59.4 Å². The number of amides is 1. The molecule has 3 heterocycles. The molecular weight excluding hydrogens is 396 g/mol. The second kappa shape index (κ2) is 8.21. The van der Waals surface area contributed by atoms with E-state index in [0.29, 0.717) is 29.7 Å². The number of nitrogens with zero attached hydrogens (tertiary/aromatic N) is 3. The van der Waals surface area contributed by atoms with Gasteiger partial charge in [0.2, 0.25) is 0 Å². The molecule has 8 heteroatoms. The Morgan fingerprint density at radius 2 is 2.04 bits per heavy atom. The predicted molar refractivity (Wildman–Crippen MR) is 112 cm³/mol. The van der Waals surface area contributed by atoms with E-state index < -0.39 is 0 Å². The minimum atomic E-state index is -0.0483. The van der Waals surface area contributed by atoms with Gasteiger partial charge >= 0.3 is 0 Å². The maximum absolute atomic E-state index is 12.8. The zero-order chi connectivity index (χ0) is 19.7. The number of nitrogens with one attached hydrogen (secondary N) is 1. The Morgan fingerprint density at radius 1 is 1.32 bits per heavy atom. The number of carbonyl (C=O) groups excluding carboxylic acids is 1. The third-order valence-corrected chi connectivity index (χ3v) is 6.57. The van der Waals surface area contributed by atoms with Crippen molar-refractivity contribution in [1.82, 2.24) is 20.0 Å². The van der Waals surface area contributed by atoms with Crippen LogP contribution in [0.1, 0.15) is 27.0 Å². The first kappa shape index (κ1) is 19.4. The Bertz CT molecular complexity index is 942. The summed E-state index contributed by atoms with van der Waals surface area (Å²) in [5.41, 5.74) is 2.09. The molecule has 1 aliphatic rings. The molecule has 1 unspecified atom stereocenters. The number of halogens is 1. The van der Waals surface area contributed by atoms with Crippen molar-refractivity contribution in [3.8, 4) is 0 Å². The number of morpholine rings is 1. The second-order valence-electron chi connectivity index (χ2n) is 6.96. The molecule has 4 rings (SSSR count). The highest BCUT2D eigenvalue weighted by atomic mass is 35.5. The molecule has 0 radical (unpaired) electrons. The van der Waals surface area contributed by atoms with Crippen molar-refractivity contribution >= 4 is 39.1 Å². The number of thiophene rings is 1. The van der Waals surface area contributed by atoms with Gasteiger partial charge in [-0.05, 0) is 30.7 Å². The lowest BCUT2D eigenvalue weighted by Crippen LogP contribution is -2.43. The number of aromatic nitrogens is 2. The van der Waals surface area contributed by atoms with Crippen molar-refractivity contribution in [3.05, 3.63) is 51.5 Å². The van der Waals surface area contributed by atoms with Crippen LogP contribution < -0.4 is 5.32 Å². The molecule has 0 aliphatic carbocycles. The van der Waals surface area contributed by atoms with Crippen molar-refractivity contribution < 1.29 is 9.53 Å². The Hall–Kier alpha value is -1.93. The Labute approximate surface area is 173 Å². The Morgan fingerprint density at radius 3 is 2.71 bits per heavy atom. The Balaban J connectivity index is 1.51. The summed E-state index contributed by atoms with van der Waals surface area (Å²) < 4.78 is 7.32. The van der Waals surface area contributed by atoms with Gasteiger partial charge in [0, 0.05) is 37.1 Å². The van der Waals surface area contributed by atoms with Crippen molar-refractivity contribution in [2.24, 2.45) is 7.05 Å². The maximum atomic E-state index is 12.8. The minimum Gasteiger partial charge on any atom is -0.379 e. The molecular formula is C20H23ClN4O2S. The molecule has 1 N–H and O–H groups in total. The van der Waals surface area contributed by atoms with Gasteiger partial charge in [0.1, 0.15) is 4.83 Å². The molecule has 2 aromatic heterocycles. The van der Waals surface area contributed by atoms with E-state index in [2.05, 4.69) is 15.3 Å². The highest BCUT2D eigenvalue weighted by molar-refractivity contribution is 7.20. The van der Waals surface area contributed by atoms with Gasteiger partial charge in [-0.25, -0.2) is 0 Å². The molecule has 28 heavy (non-hydrogen) atoms. The van der Waals surface area contributed by atoms with Gasteiger partial charge < -0.3 is 10.1 Å². The van der Waals surface area contributed by atoms with Crippen molar-refractivity contribution in [2.45, 2.75) is 13.0 Å². The molecule has 1 amide bonds. The molecule has 1 saturated heterocycles. The van der Waals surface area contributed by atoms with Crippen LogP contribution >= 0.6 is 22.9 Å². The average Bonchev–Trinajstić information content (AvgIpc) is 3.26. The van der Waals surface area contributed by atoms with Crippen LogP contribution in [0.15, 0.2) is 30.3 Å². The smallest absolute Gasteiger partial charge is 0.261 e. The number of hydrogen-bond donors (Lipinski definition) is 1. The fourth-order valence-electron chi connectivity index (χ4n) is 3.63. The summed E-state index contributed by atoms with van der Waals surface area (Å²) in [6.45, 7) is 5.60. The van der Waals surface area contributed by atoms with E-state index in [4.69, 9.17) is 16.3 Å². The summed E-state index contributed by atoms with van der Waals surface area (Å²) in [6, 6.07) is 9.88. The molecule has 0 saturated carbocycles. The summed E-state index contributed by atoms with van der Waals surface area (Å²) in [5.74, 6) is -0.0483. The number of benzene rings is 1. The molecule has 148 valence electrons. The van der Waals surface area contributed by atoms with Gasteiger partial charge in [0.05, 0.1) is 29.8 Å². The normalized spacial score (nSPS) is 16.4. The van der Waals surface area contributed by atoms with E-state index in [1.54, 1.807) is 0 Å². The third kappa shape index (κ3) is 3.93. The van der Waals surface area contributed by atoms with Crippen molar-refractivity contribution in [1.29, 1.82) is 0 Å². The monoisotopic (exact) mass is 418 g/mol. The molecule has 1 fully saturated rings. The first-order valence-electron chi connectivity index (χ1n) is 9.31. The first-order chi connectivity index (χ1) is 13.5. The van der Waals surface area contributed by atoms with E-state index >= 15 is 0 Å². The van der Waals surface area contributed by atoms with Gasteiger partial charge in [-0.3, -0.25) is 14.4 Å². The summed E-state index contributed by atoms with van der Waals surface area (Å²) in [7, 11) is 1.91. The second-order valence-corrected chi connectivity index (χ2v) is 8.43. The lowest BCUT2D eigenvalue weighted by atomic mass is 10.0. The van der Waals surface area contributed by atoms with E-state index in [1.807, 2.05) is 49.0 Å². The SMILES string of the molecule is Cc1nn(C)c2sc(C(=O)NCC(c3ccc(Cl)cc3)N3CCOCC3)cc12. The molecule has 0 bridgehead atoms. The van der Waals surface area contributed by atoms with Crippen LogP contribution in [-0.4, -0.2) is 53.4 Å². The maximum Gasteiger partial charge on any atom is 0.261 e. The standard InChI is InChI=1S/C20H23ClN4O2S/c1-13-16-11-18(28-20(16)24(2)23-13)19(26)22-12-17(25-7-9-27-10-8-25)14-3-5-15(21)6-4-14/h3-6,11,17H,7-10,12H2,1-2H3,(H,22,26). The number of hydrogen-bond acceptors (Lipinski definition) is 5. The van der Waals surface area contributed by atoms with Crippen LogP contribution in [0.2, 0.25) is 5.02 Å². The van der Waals surface area contributed by atoms with E-state index in [0.717, 1.165) is 34.6 Å². The summed E-state index contributed by atoms with van der Waals surface area (Å²) in [4.78, 5) is 16.9. The van der Waals surface area contributed by atoms with Gasteiger partial charge in [-0.1, -0.05) is 23.7 Å². The number of ether oxygens (including phenoxy) is 1. The van der Waals surface area contributed by atoms with Gasteiger partial charge in [-0.2, -0.15) is 5.10 Å². The van der Waals surface area contributed by atoms with Gasteiger partial charge in [0.15, 0.2) is 0 Å². The van der Waals surface area contributed by atoms with Crippen molar-refractivity contribution in [2.75, 3.05) is 32.8 Å². The average molecular weight is 419 g/mol. The van der Waals surface area contributed by atoms with E-state index in [9.17, 15) is 4.79 Å². The lowest BCUT2D eigenvalue weighted by Gasteiger charge is -2.35. The molecule has 6 nitrogen and oxygen atoms in total. The van der Waals surface area contributed by atoms with Crippen LogP contribution in [0.4, 0.5) is 0 Å². The number of carbonyl (C=O) groups is 1. The quantitative estimate of drug-likeness (QED) is 0.689. The zero-order valence-electron chi connectivity index (χ0n) is 15.9. The predicted octanol–water partition coefficient (Wildman–Crippen LogP) is 3.40. The van der Waals surface area contributed by atoms with E-state index in [-0.39, 0.29) is 11.9 Å². The van der Waals surface area contributed by atoms with Gasteiger partial charge in [0.25, 0.3) is 5.91 Å². The van der Waals surface area contributed by atoms with E-state index in [1.165, 1.54) is 11.3 Å². The van der Waals surface area contributed by atoms with Crippen LogP contribution in [-0.2, 0) is 11.8 Å². The van der Waals surface area contributed by atoms with Gasteiger partial charge in [-0.15, -0.1) is 11.3 Å². The highest BCUT2D eigenvalue weighted by Gasteiger charge is 2.24. The number of aryl methyl sites for hydroxylation is 2. The summed E-state index contributed by atoms with van der Waals surface area (Å²) >= 11 is 7.53. The number of fused-ring (bicyclic) bond motifs is 1. The zero-order valence-corrected chi connectivity index (χ0v) is 17.5. The molecule has 1 aliphatic heterocycles. The van der Waals surface area contributed by atoms with Crippen LogP contribution in [0, 0.1) is 6.92 Å². The minimum absolute atomic E-state index is 0.0483. The largest absolute Gasteiger partial charge is 0.379 e. The molecule has 1 aromatic carbocycles. The Kier molecular flexibility index (Phi) is 5.68. The molecule has 0 spiro atoms. The third-order valence-electron chi connectivity index (χ3n) is 5.12. The fourth-order valence-corrected chi connectivity index (χ4v) is 4.79. The number of rotatable bonds is 5. The fraction of sp³-hybridized carbons (Fsp3) is 0.400. The molecule has 3 aromatic rings. The first-order valence-corrected chi connectivity index (χ1v) is 10.5. The van der Waals surface area contributed by atoms with Crippen molar-refractivity contribution in [3.63, 3.8) is 0 Å². The van der Waals surface area contributed by atoms with Crippen LogP contribution in [0.3, 0.4) is 0 Å².